The van der Waals surface area contributed by atoms with Gasteiger partial charge in [0.25, 0.3) is 0 Å². The number of thiol groups is 1. The zero-order valence-electron chi connectivity index (χ0n) is 11.0. The van der Waals surface area contributed by atoms with Gasteiger partial charge in [0, 0.05) is 18.8 Å². The van der Waals surface area contributed by atoms with Crippen LogP contribution in [0.2, 0.25) is 0 Å². The molecule has 0 aliphatic rings. The molecule has 0 saturated carbocycles. The fourth-order valence-electron chi connectivity index (χ4n) is 1.74. The first-order chi connectivity index (χ1) is 7.60. The van der Waals surface area contributed by atoms with Crippen molar-refractivity contribution in [1.29, 1.82) is 0 Å². The minimum atomic E-state index is -1.85. The molecule has 0 radical (unpaired) electrons. The largest absolute Gasteiger partial charge is 0.550 e. The van der Waals surface area contributed by atoms with E-state index in [1.807, 2.05) is 0 Å². The molecule has 0 aromatic carbocycles. The fraction of sp³-hybridized carbons (Fsp3) is 0.818. The summed E-state index contributed by atoms with van der Waals surface area (Å²) in [5, 5.41) is 20.8. The monoisotopic (exact) mass is 299 g/mol. The van der Waals surface area contributed by atoms with Crippen molar-refractivity contribution in [2.45, 2.75) is 24.9 Å². The molecule has 7 heteroatoms. The minimum absolute atomic E-state index is 0. The topological polar surface area (TPSA) is 77.4 Å². The number of hydrogen-bond acceptors (Lipinski definition) is 5. The van der Waals surface area contributed by atoms with Crippen LogP contribution in [0.4, 0.5) is 0 Å². The molecule has 0 aliphatic carbocycles. The normalized spacial score (nSPS) is 14.5. The second kappa shape index (κ2) is 7.99. The van der Waals surface area contributed by atoms with E-state index in [-0.39, 0.29) is 25.4 Å². The van der Waals surface area contributed by atoms with Crippen LogP contribution in [-0.4, -0.2) is 60.4 Å². The molecule has 0 aliphatic heterocycles. The maximum absolute atomic E-state index is 11.9. The molecule has 0 spiro atoms. The number of ketones is 1. The van der Waals surface area contributed by atoms with E-state index in [0.717, 1.165) is 0 Å². The molecule has 0 saturated heterocycles. The predicted octanol–water partition coefficient (Wildman–Crippen LogP) is -0.735. The smallest absolute Gasteiger partial charge is 0.177 e. The van der Waals surface area contributed by atoms with Crippen LogP contribution in [0.3, 0.4) is 0 Å². The van der Waals surface area contributed by atoms with Gasteiger partial charge in [0.2, 0.25) is 0 Å². The molecule has 1 N–H and O–H groups in total. The van der Waals surface area contributed by atoms with E-state index in [2.05, 4.69) is 12.6 Å². The van der Waals surface area contributed by atoms with Gasteiger partial charge in [-0.05, 0) is 12.2 Å². The maximum atomic E-state index is 11.9. The summed E-state index contributed by atoms with van der Waals surface area (Å²) in [6, 6.07) is 0. The zero-order chi connectivity index (χ0) is 13.7. The Balaban J connectivity index is 0. The van der Waals surface area contributed by atoms with Gasteiger partial charge >= 0.3 is 0 Å². The third-order valence-corrected chi connectivity index (χ3v) is 2.57. The van der Waals surface area contributed by atoms with Crippen LogP contribution in [0.15, 0.2) is 0 Å². The number of carbonyl (C=O) groups excluding carboxylic acids is 2. The summed E-state index contributed by atoms with van der Waals surface area (Å²) in [4.78, 5) is 22.5. The van der Waals surface area contributed by atoms with Gasteiger partial charge in [-0.1, -0.05) is 0 Å². The maximum Gasteiger partial charge on any atom is 0.177 e. The van der Waals surface area contributed by atoms with Gasteiger partial charge in [0.1, 0.15) is 6.54 Å². The Morgan fingerprint density at radius 3 is 2.17 bits per heavy atom. The van der Waals surface area contributed by atoms with E-state index in [4.69, 9.17) is 0 Å². The van der Waals surface area contributed by atoms with Crippen molar-refractivity contribution in [1.82, 2.24) is 0 Å². The van der Waals surface area contributed by atoms with Crippen LogP contribution < -0.4 is 5.11 Å². The number of carboxylic acid groups (broad SMARTS) is 1. The average Bonchev–Trinajstić information content (AvgIpc) is 2.09. The quantitative estimate of drug-likeness (QED) is 0.457. The number of aliphatic carboxylic acids is 1. The van der Waals surface area contributed by atoms with Crippen LogP contribution in [0.5, 0.6) is 0 Å². The number of likely N-dealkylation sites (N-methyl/N-ethyl adjacent to an activating group) is 1. The van der Waals surface area contributed by atoms with E-state index < -0.39 is 23.8 Å². The van der Waals surface area contributed by atoms with Crippen LogP contribution in [-0.2, 0) is 9.59 Å². The first-order valence-electron chi connectivity index (χ1n) is 5.47. The molecule has 18 heavy (non-hydrogen) atoms. The van der Waals surface area contributed by atoms with Crippen LogP contribution >= 0.6 is 25.0 Å². The molecule has 0 rings (SSSR count). The second-order valence-electron chi connectivity index (χ2n) is 5.28. The highest BCUT2D eigenvalue weighted by atomic mass is 35.5. The second-order valence-corrected chi connectivity index (χ2v) is 5.73. The number of hydrogen-bond donors (Lipinski definition) is 2. The first kappa shape index (κ1) is 20.0. The summed E-state index contributed by atoms with van der Waals surface area (Å²) in [7, 11) is 5.35. The number of Topliss-reactive ketones (excluding diaryl/α,β-unsaturated/α-hetero) is 1. The van der Waals surface area contributed by atoms with Crippen LogP contribution in [0, 0.1) is 0 Å². The van der Waals surface area contributed by atoms with Crippen molar-refractivity contribution in [3.63, 3.8) is 0 Å². The number of rotatable bonds is 8. The molecule has 0 amide bonds. The molecule has 1 atom stereocenters. The van der Waals surface area contributed by atoms with Crippen LogP contribution in [0.25, 0.3) is 0 Å². The highest BCUT2D eigenvalue weighted by molar-refractivity contribution is 7.80. The summed E-state index contributed by atoms with van der Waals surface area (Å²) in [6.07, 6.45) is -0.00432. The number of carbonyl (C=O) groups is 2. The van der Waals surface area contributed by atoms with Crippen molar-refractivity contribution >= 4 is 36.8 Å². The lowest BCUT2D eigenvalue weighted by atomic mass is 9.90. The van der Waals surface area contributed by atoms with E-state index in [9.17, 15) is 19.8 Å². The van der Waals surface area contributed by atoms with Gasteiger partial charge in [-0.15, -0.1) is 12.4 Å². The zero-order valence-corrected chi connectivity index (χ0v) is 12.7. The molecular weight excluding hydrogens is 278 g/mol. The molecule has 0 aromatic rings. The van der Waals surface area contributed by atoms with Gasteiger partial charge in [-0.3, -0.25) is 4.79 Å². The molecule has 5 nitrogen and oxygen atoms in total. The predicted molar refractivity (Wildman–Crippen MR) is 72.8 cm³/mol. The number of halogens is 1. The van der Waals surface area contributed by atoms with E-state index in [1.165, 1.54) is 0 Å². The van der Waals surface area contributed by atoms with E-state index >= 15 is 0 Å². The van der Waals surface area contributed by atoms with Gasteiger partial charge < -0.3 is 19.5 Å². The van der Waals surface area contributed by atoms with Gasteiger partial charge in [-0.2, -0.15) is 12.6 Å². The van der Waals surface area contributed by atoms with E-state index in [0.29, 0.717) is 16.7 Å². The van der Waals surface area contributed by atoms with Gasteiger partial charge in [-0.25, -0.2) is 0 Å². The lowest BCUT2D eigenvalue weighted by molar-refractivity contribution is -0.875. The van der Waals surface area contributed by atoms with Gasteiger partial charge in [0.15, 0.2) is 11.4 Å². The van der Waals surface area contributed by atoms with Crippen molar-refractivity contribution in [2.24, 2.45) is 0 Å². The summed E-state index contributed by atoms with van der Waals surface area (Å²) < 4.78 is 0.302. The highest BCUT2D eigenvalue weighted by Gasteiger charge is 2.40. The summed E-state index contributed by atoms with van der Waals surface area (Å²) >= 11 is 3.98. The average molecular weight is 300 g/mol. The van der Waals surface area contributed by atoms with Crippen molar-refractivity contribution in [2.75, 3.05) is 33.4 Å². The SMILES string of the molecule is C[N+](C)(C)CC(O)(CC(=O)[O-])C(=O)CCCS.Cl. The molecular formula is C11H22ClNO4S. The standard InChI is InChI=1S/C11H21NO4S.ClH/c1-12(2,3)8-11(16,7-10(14)15)9(13)5-4-6-17;/h16H,4-8H2,1-3H3,(H-,14,15,17);1H. The third kappa shape index (κ3) is 7.92. The lowest BCUT2D eigenvalue weighted by Gasteiger charge is -2.34. The minimum Gasteiger partial charge on any atom is -0.550 e. The molecule has 0 bridgehead atoms. The molecule has 0 aromatic heterocycles. The summed E-state index contributed by atoms with van der Waals surface area (Å²) in [6.45, 7) is 0.0480. The number of nitrogens with zero attached hydrogens (tertiary/aromatic N) is 1. The lowest BCUT2D eigenvalue weighted by Crippen LogP contribution is -2.56. The van der Waals surface area contributed by atoms with Crippen molar-refractivity contribution in [3.05, 3.63) is 0 Å². The number of aliphatic hydroxyl groups is 1. The van der Waals surface area contributed by atoms with Crippen molar-refractivity contribution in [3.8, 4) is 0 Å². The van der Waals surface area contributed by atoms with Gasteiger partial charge in [0.05, 0.1) is 21.1 Å². The highest BCUT2D eigenvalue weighted by Crippen LogP contribution is 2.18. The molecule has 1 unspecified atom stereocenters. The fourth-order valence-corrected chi connectivity index (χ4v) is 1.90. The Hall–Kier alpha value is -0.300. The third-order valence-electron chi connectivity index (χ3n) is 2.25. The Bertz CT molecular complexity index is 293. The van der Waals surface area contributed by atoms with E-state index in [1.54, 1.807) is 21.1 Å². The summed E-state index contributed by atoms with van der Waals surface area (Å²) in [5.41, 5.74) is -1.85. The first-order valence-corrected chi connectivity index (χ1v) is 6.11. The molecule has 0 fully saturated rings. The molecule has 108 valence electrons. The van der Waals surface area contributed by atoms with Crippen LogP contribution in [0.1, 0.15) is 19.3 Å². The number of carboxylic acids is 1. The Kier molecular flexibility index (Phi) is 8.89. The molecule has 0 heterocycles. The number of quaternary nitrogens is 1. The Morgan fingerprint density at radius 2 is 1.83 bits per heavy atom. The van der Waals surface area contributed by atoms with Crippen molar-refractivity contribution < 1.29 is 24.3 Å². The Labute approximate surface area is 120 Å². The Morgan fingerprint density at radius 1 is 1.33 bits per heavy atom. The summed E-state index contributed by atoms with van der Waals surface area (Å²) in [5.74, 6) is -1.35.